The Morgan fingerprint density at radius 2 is 1.69 bits per heavy atom. The number of alkyl halides is 3. The molecule has 3 N–H and O–H groups in total. The average molecular weight is 372 g/mol. The van der Waals surface area contributed by atoms with E-state index in [2.05, 4.69) is 20.9 Å². The third-order valence-corrected chi connectivity index (χ3v) is 3.54. The lowest BCUT2D eigenvalue weighted by molar-refractivity contribution is -0.137. The molecule has 146 valence electrons. The van der Waals surface area contributed by atoms with Gasteiger partial charge in [0.05, 0.1) is 5.56 Å². The number of aliphatic imine (C=N–C) groups is 1. The van der Waals surface area contributed by atoms with Gasteiger partial charge in [-0.25, -0.2) is 0 Å². The largest absolute Gasteiger partial charge is 0.416 e. The first-order valence-corrected chi connectivity index (χ1v) is 8.70. The molecule has 0 aliphatic heterocycles. The maximum absolute atomic E-state index is 12.5. The molecule has 0 saturated carbocycles. The minimum atomic E-state index is -4.32. The fourth-order valence-electron chi connectivity index (χ4n) is 2.07. The van der Waals surface area contributed by atoms with E-state index in [0.717, 1.165) is 17.7 Å². The number of rotatable bonds is 8. The SMILES string of the molecule is CCNC(=NCCc1ccc(C(F)(F)F)cc1)NCCNC(=O)C(C)C. The standard InChI is InChI=1S/C18H27F3N4O/c1-4-22-17(25-12-11-23-16(26)13(2)3)24-10-9-14-5-7-15(8-6-14)18(19,20)21/h5-8,13H,4,9-12H2,1-3H3,(H,23,26)(H2,22,24,25). The summed E-state index contributed by atoms with van der Waals surface area (Å²) >= 11 is 0. The van der Waals surface area contributed by atoms with E-state index in [9.17, 15) is 18.0 Å². The van der Waals surface area contributed by atoms with Gasteiger partial charge < -0.3 is 16.0 Å². The van der Waals surface area contributed by atoms with Crippen LogP contribution in [0.15, 0.2) is 29.3 Å². The lowest BCUT2D eigenvalue weighted by atomic mass is 10.1. The second-order valence-corrected chi connectivity index (χ2v) is 6.08. The van der Waals surface area contributed by atoms with Gasteiger partial charge in [0.25, 0.3) is 0 Å². The molecule has 0 bridgehead atoms. The summed E-state index contributed by atoms with van der Waals surface area (Å²) in [4.78, 5) is 15.9. The zero-order valence-electron chi connectivity index (χ0n) is 15.4. The quantitative estimate of drug-likeness (QED) is 0.373. The molecule has 0 heterocycles. The summed E-state index contributed by atoms with van der Waals surface area (Å²) in [6.07, 6.45) is -3.78. The zero-order chi connectivity index (χ0) is 19.6. The van der Waals surface area contributed by atoms with E-state index in [-0.39, 0.29) is 11.8 Å². The Kier molecular flexibility index (Phi) is 8.95. The number of hydrogen-bond donors (Lipinski definition) is 3. The van der Waals surface area contributed by atoms with Crippen molar-refractivity contribution in [1.82, 2.24) is 16.0 Å². The highest BCUT2D eigenvalue weighted by Gasteiger charge is 2.29. The number of nitrogens with zero attached hydrogens (tertiary/aromatic N) is 1. The third-order valence-electron chi connectivity index (χ3n) is 3.54. The molecule has 0 radical (unpaired) electrons. The van der Waals surface area contributed by atoms with Gasteiger partial charge in [0, 0.05) is 32.1 Å². The van der Waals surface area contributed by atoms with Crippen LogP contribution in [-0.2, 0) is 17.4 Å². The first-order chi connectivity index (χ1) is 12.2. The number of halogens is 3. The van der Waals surface area contributed by atoms with Crippen LogP contribution in [0, 0.1) is 5.92 Å². The molecule has 0 aliphatic rings. The Hall–Kier alpha value is -2.25. The maximum atomic E-state index is 12.5. The van der Waals surface area contributed by atoms with Gasteiger partial charge in [-0.3, -0.25) is 9.79 Å². The monoisotopic (exact) mass is 372 g/mol. The fourth-order valence-corrected chi connectivity index (χ4v) is 2.07. The maximum Gasteiger partial charge on any atom is 0.416 e. The Bertz CT molecular complexity index is 583. The van der Waals surface area contributed by atoms with Crippen molar-refractivity contribution in [1.29, 1.82) is 0 Å². The molecule has 0 aromatic heterocycles. The Morgan fingerprint density at radius 1 is 1.08 bits per heavy atom. The second kappa shape index (κ2) is 10.7. The predicted octanol–water partition coefficient (Wildman–Crippen LogP) is 2.58. The van der Waals surface area contributed by atoms with E-state index in [1.54, 1.807) is 0 Å². The van der Waals surface area contributed by atoms with E-state index in [4.69, 9.17) is 0 Å². The van der Waals surface area contributed by atoms with Gasteiger partial charge in [0.1, 0.15) is 0 Å². The van der Waals surface area contributed by atoms with Gasteiger partial charge in [0.15, 0.2) is 5.96 Å². The average Bonchev–Trinajstić information content (AvgIpc) is 2.58. The van der Waals surface area contributed by atoms with Crippen molar-refractivity contribution in [3.63, 3.8) is 0 Å². The molecule has 8 heteroatoms. The molecule has 26 heavy (non-hydrogen) atoms. The molecule has 0 unspecified atom stereocenters. The van der Waals surface area contributed by atoms with Crippen LogP contribution in [0.4, 0.5) is 13.2 Å². The number of amides is 1. The first-order valence-electron chi connectivity index (χ1n) is 8.70. The van der Waals surface area contributed by atoms with E-state index < -0.39 is 11.7 Å². The van der Waals surface area contributed by atoms with E-state index in [1.165, 1.54) is 12.1 Å². The number of benzene rings is 1. The predicted molar refractivity (Wildman–Crippen MR) is 97.0 cm³/mol. The van der Waals surface area contributed by atoms with Crippen molar-refractivity contribution in [3.05, 3.63) is 35.4 Å². The van der Waals surface area contributed by atoms with Crippen LogP contribution in [0.2, 0.25) is 0 Å². The van der Waals surface area contributed by atoms with Crippen molar-refractivity contribution in [2.45, 2.75) is 33.4 Å². The van der Waals surface area contributed by atoms with Crippen LogP contribution in [0.5, 0.6) is 0 Å². The van der Waals surface area contributed by atoms with E-state index in [0.29, 0.717) is 38.6 Å². The highest BCUT2D eigenvalue weighted by atomic mass is 19.4. The lowest BCUT2D eigenvalue weighted by Crippen LogP contribution is -2.42. The zero-order valence-corrected chi connectivity index (χ0v) is 15.4. The van der Waals surface area contributed by atoms with Crippen molar-refractivity contribution < 1.29 is 18.0 Å². The van der Waals surface area contributed by atoms with E-state index >= 15 is 0 Å². The van der Waals surface area contributed by atoms with Crippen LogP contribution in [0.1, 0.15) is 31.9 Å². The first kappa shape index (κ1) is 21.8. The Balaban J connectivity index is 2.44. The van der Waals surface area contributed by atoms with Crippen LogP contribution in [-0.4, -0.2) is 38.0 Å². The molecule has 0 saturated heterocycles. The fraction of sp³-hybridized carbons (Fsp3) is 0.556. The van der Waals surface area contributed by atoms with Crippen LogP contribution >= 0.6 is 0 Å². The molecule has 1 rings (SSSR count). The number of hydrogen-bond acceptors (Lipinski definition) is 2. The second-order valence-electron chi connectivity index (χ2n) is 6.08. The minimum Gasteiger partial charge on any atom is -0.357 e. The molecule has 0 atom stereocenters. The third kappa shape index (κ3) is 8.22. The highest BCUT2D eigenvalue weighted by Crippen LogP contribution is 2.29. The smallest absolute Gasteiger partial charge is 0.357 e. The molecule has 1 aromatic carbocycles. The van der Waals surface area contributed by atoms with Crippen LogP contribution in [0.3, 0.4) is 0 Å². The Labute approximate surface area is 152 Å². The summed E-state index contributed by atoms with van der Waals surface area (Å²) in [6, 6.07) is 5.11. The molecule has 1 amide bonds. The molecule has 0 aliphatic carbocycles. The summed E-state index contributed by atoms with van der Waals surface area (Å²) in [5.74, 6) is 0.551. The van der Waals surface area contributed by atoms with Crippen molar-refractivity contribution >= 4 is 11.9 Å². The molecule has 1 aromatic rings. The Morgan fingerprint density at radius 3 is 2.23 bits per heavy atom. The van der Waals surface area contributed by atoms with Gasteiger partial charge in [-0.05, 0) is 31.0 Å². The molecule has 5 nitrogen and oxygen atoms in total. The van der Waals surface area contributed by atoms with Crippen molar-refractivity contribution in [2.75, 3.05) is 26.2 Å². The lowest BCUT2D eigenvalue weighted by Gasteiger charge is -2.12. The normalized spacial score (nSPS) is 12.2. The van der Waals surface area contributed by atoms with Crippen molar-refractivity contribution in [2.24, 2.45) is 10.9 Å². The van der Waals surface area contributed by atoms with Gasteiger partial charge >= 0.3 is 6.18 Å². The molecule has 0 spiro atoms. The minimum absolute atomic E-state index is 0.00366. The summed E-state index contributed by atoms with van der Waals surface area (Å²) in [7, 11) is 0. The topological polar surface area (TPSA) is 65.5 Å². The molecule has 0 fully saturated rings. The summed E-state index contributed by atoms with van der Waals surface area (Å²) in [5.41, 5.74) is 0.144. The number of carbonyl (C=O) groups is 1. The summed E-state index contributed by atoms with van der Waals surface area (Å²) in [6.45, 7) is 7.74. The van der Waals surface area contributed by atoms with Crippen LogP contribution in [0.25, 0.3) is 0 Å². The van der Waals surface area contributed by atoms with Gasteiger partial charge in [0.2, 0.25) is 5.91 Å². The number of nitrogens with one attached hydrogen (secondary N) is 3. The van der Waals surface area contributed by atoms with Crippen LogP contribution < -0.4 is 16.0 Å². The van der Waals surface area contributed by atoms with Gasteiger partial charge in [-0.1, -0.05) is 26.0 Å². The summed E-state index contributed by atoms with van der Waals surface area (Å²) in [5, 5.41) is 8.99. The number of guanidine groups is 1. The van der Waals surface area contributed by atoms with Gasteiger partial charge in [-0.2, -0.15) is 13.2 Å². The van der Waals surface area contributed by atoms with Crippen molar-refractivity contribution in [3.8, 4) is 0 Å². The molecular weight excluding hydrogens is 345 g/mol. The summed E-state index contributed by atoms with van der Waals surface area (Å²) < 4.78 is 37.6. The highest BCUT2D eigenvalue weighted by molar-refractivity contribution is 5.80. The number of carbonyl (C=O) groups excluding carboxylic acids is 1. The van der Waals surface area contributed by atoms with E-state index in [1.807, 2.05) is 20.8 Å². The molecular formula is C18H27F3N4O. The van der Waals surface area contributed by atoms with Gasteiger partial charge in [-0.15, -0.1) is 0 Å².